The largest absolute Gasteiger partial charge is 0.393 e. The second kappa shape index (κ2) is 5.59. The number of nitrogens with zero attached hydrogens (tertiary/aromatic N) is 2. The van der Waals surface area contributed by atoms with Crippen molar-refractivity contribution in [1.29, 1.82) is 0 Å². The predicted octanol–water partition coefficient (Wildman–Crippen LogP) is 2.52. The first-order valence-electron chi connectivity index (χ1n) is 7.56. The fraction of sp³-hybridized carbons (Fsp3) is 0.688. The van der Waals surface area contributed by atoms with Crippen LogP contribution >= 0.6 is 0 Å². The number of aromatic nitrogens is 1. The Balaban J connectivity index is 1.69. The average Bonchev–Trinajstić information content (AvgIpc) is 2.98. The minimum Gasteiger partial charge on any atom is -0.393 e. The summed E-state index contributed by atoms with van der Waals surface area (Å²) in [7, 11) is 0. The van der Waals surface area contributed by atoms with E-state index >= 15 is 0 Å². The van der Waals surface area contributed by atoms with Gasteiger partial charge >= 0.3 is 0 Å². The highest BCUT2D eigenvalue weighted by atomic mass is 16.3. The van der Waals surface area contributed by atoms with Gasteiger partial charge in [0, 0.05) is 30.9 Å². The van der Waals surface area contributed by atoms with Crippen molar-refractivity contribution in [2.24, 2.45) is 5.92 Å². The van der Waals surface area contributed by atoms with E-state index in [1.165, 1.54) is 43.4 Å². The molecule has 0 spiro atoms. The normalized spacial score (nSPS) is 32.0. The van der Waals surface area contributed by atoms with Crippen LogP contribution < -0.4 is 0 Å². The summed E-state index contributed by atoms with van der Waals surface area (Å²) in [5.41, 5.74) is 2.54. The summed E-state index contributed by atoms with van der Waals surface area (Å²) < 4.78 is 0. The van der Waals surface area contributed by atoms with E-state index in [2.05, 4.69) is 22.9 Å². The van der Waals surface area contributed by atoms with Crippen molar-refractivity contribution < 1.29 is 5.11 Å². The molecule has 1 aromatic rings. The molecule has 3 atom stereocenters. The van der Waals surface area contributed by atoms with Gasteiger partial charge in [0.2, 0.25) is 0 Å². The maximum absolute atomic E-state index is 10.1. The standard InChI is InChI=1S/C16H24N2O/c1-12-8-13(10-17-9-12)11-18-7-3-5-15(18)14-4-2-6-16(14)19/h8-10,14-16,19H,2-7,11H2,1H3. The molecule has 0 amide bonds. The van der Waals surface area contributed by atoms with Gasteiger partial charge in [0.05, 0.1) is 6.10 Å². The molecule has 1 aliphatic carbocycles. The minimum atomic E-state index is -0.0683. The first-order chi connectivity index (χ1) is 9.24. The van der Waals surface area contributed by atoms with Crippen LogP contribution in [0.5, 0.6) is 0 Å². The molecule has 1 N–H and O–H groups in total. The quantitative estimate of drug-likeness (QED) is 0.907. The van der Waals surface area contributed by atoms with E-state index < -0.39 is 0 Å². The summed E-state index contributed by atoms with van der Waals surface area (Å²) in [5, 5.41) is 10.1. The number of hydrogen-bond donors (Lipinski definition) is 1. The molecule has 1 aromatic heterocycles. The van der Waals surface area contributed by atoms with Crippen molar-refractivity contribution in [2.75, 3.05) is 6.54 Å². The third-order valence-corrected chi connectivity index (χ3v) is 4.76. The van der Waals surface area contributed by atoms with E-state index in [9.17, 15) is 5.11 Å². The van der Waals surface area contributed by atoms with Crippen LogP contribution in [-0.4, -0.2) is 33.7 Å². The van der Waals surface area contributed by atoms with Gasteiger partial charge in [-0.15, -0.1) is 0 Å². The Bertz CT molecular complexity index is 435. The fourth-order valence-corrected chi connectivity index (χ4v) is 3.89. The van der Waals surface area contributed by atoms with Crippen molar-refractivity contribution >= 4 is 0 Å². The van der Waals surface area contributed by atoms with Gasteiger partial charge in [0.25, 0.3) is 0 Å². The van der Waals surface area contributed by atoms with E-state index in [4.69, 9.17) is 0 Å². The van der Waals surface area contributed by atoms with Crippen LogP contribution in [0.4, 0.5) is 0 Å². The molecule has 3 nitrogen and oxygen atoms in total. The zero-order valence-electron chi connectivity index (χ0n) is 11.8. The highest BCUT2D eigenvalue weighted by Crippen LogP contribution is 2.36. The molecule has 1 saturated carbocycles. The topological polar surface area (TPSA) is 36.4 Å². The van der Waals surface area contributed by atoms with Crippen LogP contribution in [0.3, 0.4) is 0 Å². The molecule has 2 fully saturated rings. The Hall–Kier alpha value is -0.930. The van der Waals surface area contributed by atoms with Gasteiger partial charge in [-0.05, 0) is 50.3 Å². The summed E-state index contributed by atoms with van der Waals surface area (Å²) >= 11 is 0. The number of aryl methyl sites for hydroxylation is 1. The van der Waals surface area contributed by atoms with Crippen molar-refractivity contribution in [2.45, 2.75) is 57.7 Å². The van der Waals surface area contributed by atoms with Gasteiger partial charge in [0.1, 0.15) is 0 Å². The second-order valence-corrected chi connectivity index (χ2v) is 6.21. The molecule has 3 unspecified atom stereocenters. The van der Waals surface area contributed by atoms with Gasteiger partial charge in [-0.1, -0.05) is 12.5 Å². The Morgan fingerprint density at radius 1 is 1.26 bits per heavy atom. The molecule has 0 bridgehead atoms. The highest BCUT2D eigenvalue weighted by Gasteiger charge is 2.37. The molecule has 19 heavy (non-hydrogen) atoms. The van der Waals surface area contributed by atoms with Crippen molar-refractivity contribution in [3.63, 3.8) is 0 Å². The Kier molecular flexibility index (Phi) is 3.85. The van der Waals surface area contributed by atoms with E-state index in [1.807, 2.05) is 12.4 Å². The zero-order chi connectivity index (χ0) is 13.2. The average molecular weight is 260 g/mol. The lowest BCUT2D eigenvalue weighted by Crippen LogP contribution is -2.38. The summed E-state index contributed by atoms with van der Waals surface area (Å²) in [6.07, 6.45) is 9.74. The first kappa shape index (κ1) is 13.1. The van der Waals surface area contributed by atoms with E-state index in [1.54, 1.807) is 0 Å². The lowest BCUT2D eigenvalue weighted by molar-refractivity contribution is 0.0718. The number of hydrogen-bond acceptors (Lipinski definition) is 3. The summed E-state index contributed by atoms with van der Waals surface area (Å²) in [5.74, 6) is 0.500. The highest BCUT2D eigenvalue weighted by molar-refractivity contribution is 5.16. The molecule has 1 aliphatic heterocycles. The molecular formula is C16H24N2O. The van der Waals surface area contributed by atoms with Gasteiger partial charge < -0.3 is 5.11 Å². The number of pyridine rings is 1. The second-order valence-electron chi connectivity index (χ2n) is 6.21. The van der Waals surface area contributed by atoms with Crippen LogP contribution in [0.1, 0.15) is 43.2 Å². The first-order valence-corrected chi connectivity index (χ1v) is 7.56. The van der Waals surface area contributed by atoms with Crippen LogP contribution in [0.15, 0.2) is 18.5 Å². The summed E-state index contributed by atoms with van der Waals surface area (Å²) in [4.78, 5) is 6.85. The lowest BCUT2D eigenvalue weighted by atomic mass is 9.94. The van der Waals surface area contributed by atoms with Gasteiger partial charge in [0.15, 0.2) is 0 Å². The van der Waals surface area contributed by atoms with E-state index in [-0.39, 0.29) is 6.10 Å². The van der Waals surface area contributed by atoms with Crippen LogP contribution in [0.2, 0.25) is 0 Å². The van der Waals surface area contributed by atoms with Gasteiger partial charge in [-0.2, -0.15) is 0 Å². The predicted molar refractivity (Wildman–Crippen MR) is 75.8 cm³/mol. The van der Waals surface area contributed by atoms with Gasteiger partial charge in [-0.25, -0.2) is 0 Å². The maximum Gasteiger partial charge on any atom is 0.0583 e. The van der Waals surface area contributed by atoms with Crippen LogP contribution in [0, 0.1) is 12.8 Å². The Morgan fingerprint density at radius 2 is 2.16 bits per heavy atom. The third kappa shape index (κ3) is 2.82. The molecule has 2 aliphatic rings. The molecular weight excluding hydrogens is 236 g/mol. The SMILES string of the molecule is Cc1cncc(CN2CCCC2C2CCCC2O)c1. The Morgan fingerprint density at radius 3 is 2.89 bits per heavy atom. The summed E-state index contributed by atoms with van der Waals surface area (Å²) in [6.45, 7) is 4.25. The smallest absolute Gasteiger partial charge is 0.0583 e. The molecule has 2 heterocycles. The fourth-order valence-electron chi connectivity index (χ4n) is 3.89. The van der Waals surface area contributed by atoms with Crippen molar-refractivity contribution in [3.05, 3.63) is 29.6 Å². The van der Waals surface area contributed by atoms with Crippen molar-refractivity contribution in [3.8, 4) is 0 Å². The molecule has 1 saturated heterocycles. The number of aliphatic hydroxyl groups excluding tert-OH is 1. The van der Waals surface area contributed by atoms with Gasteiger partial charge in [-0.3, -0.25) is 9.88 Å². The monoisotopic (exact) mass is 260 g/mol. The number of aliphatic hydroxyl groups is 1. The van der Waals surface area contributed by atoms with E-state index in [0.717, 1.165) is 13.0 Å². The minimum absolute atomic E-state index is 0.0683. The summed E-state index contributed by atoms with van der Waals surface area (Å²) in [6, 6.07) is 2.81. The molecule has 3 rings (SSSR count). The maximum atomic E-state index is 10.1. The lowest BCUT2D eigenvalue weighted by Gasteiger charge is -2.31. The molecule has 3 heteroatoms. The number of rotatable bonds is 3. The molecule has 0 radical (unpaired) electrons. The third-order valence-electron chi connectivity index (χ3n) is 4.76. The number of likely N-dealkylation sites (tertiary alicyclic amines) is 1. The van der Waals surface area contributed by atoms with Crippen molar-refractivity contribution in [1.82, 2.24) is 9.88 Å². The zero-order valence-corrected chi connectivity index (χ0v) is 11.8. The van der Waals surface area contributed by atoms with Crippen LogP contribution in [-0.2, 0) is 6.54 Å². The van der Waals surface area contributed by atoms with E-state index in [0.29, 0.717) is 12.0 Å². The van der Waals surface area contributed by atoms with Crippen LogP contribution in [0.25, 0.3) is 0 Å². The Labute approximate surface area is 115 Å². The molecule has 104 valence electrons. The molecule has 0 aromatic carbocycles.